The molecule has 1 aliphatic carbocycles. The smallest absolute Gasteiger partial charge is 0.200 e. The summed E-state index contributed by atoms with van der Waals surface area (Å²) in [5.74, 6) is -9.23. The molecule has 0 spiro atoms. The Kier molecular flexibility index (Phi) is 3.77. The van der Waals surface area contributed by atoms with Crippen molar-refractivity contribution in [2.75, 3.05) is 24.5 Å². The van der Waals surface area contributed by atoms with Gasteiger partial charge in [0, 0.05) is 19.1 Å². The molecule has 2 aliphatic rings. The van der Waals surface area contributed by atoms with Crippen LogP contribution in [0.1, 0.15) is 19.3 Å². The van der Waals surface area contributed by atoms with Crippen LogP contribution < -0.4 is 10.2 Å². The van der Waals surface area contributed by atoms with Crippen molar-refractivity contribution in [1.82, 2.24) is 5.32 Å². The van der Waals surface area contributed by atoms with E-state index in [-0.39, 0.29) is 19.0 Å². The van der Waals surface area contributed by atoms with Gasteiger partial charge in [0.05, 0.1) is 0 Å². The lowest BCUT2D eigenvalue weighted by atomic mass is 10.1. The molecule has 3 rings (SSSR count). The van der Waals surface area contributed by atoms with E-state index in [2.05, 4.69) is 5.32 Å². The summed E-state index contributed by atoms with van der Waals surface area (Å²) in [4.78, 5) is 1.25. The zero-order chi connectivity index (χ0) is 15.1. The predicted octanol–water partition coefficient (Wildman–Crippen LogP) is 2.96. The molecule has 7 heteroatoms. The van der Waals surface area contributed by atoms with Crippen molar-refractivity contribution in [3.8, 4) is 0 Å². The van der Waals surface area contributed by atoms with Crippen LogP contribution in [0.15, 0.2) is 0 Å². The largest absolute Gasteiger partial charge is 0.366 e. The maximum Gasteiger partial charge on any atom is 0.200 e. The molecule has 21 heavy (non-hydrogen) atoms. The van der Waals surface area contributed by atoms with Crippen LogP contribution >= 0.6 is 0 Å². The minimum absolute atomic E-state index is 0.153. The topological polar surface area (TPSA) is 15.3 Å². The van der Waals surface area contributed by atoms with Gasteiger partial charge < -0.3 is 10.2 Å². The molecule has 1 aromatic rings. The molecule has 1 saturated heterocycles. The van der Waals surface area contributed by atoms with Crippen molar-refractivity contribution in [3.05, 3.63) is 29.1 Å². The minimum atomic E-state index is -2.11. The molecule has 1 atom stereocenters. The second-order valence-electron chi connectivity index (χ2n) is 5.70. The number of halogens is 5. The Hall–Kier alpha value is -1.37. The van der Waals surface area contributed by atoms with E-state index in [4.69, 9.17) is 0 Å². The van der Waals surface area contributed by atoms with Gasteiger partial charge >= 0.3 is 0 Å². The second-order valence-corrected chi connectivity index (χ2v) is 5.70. The van der Waals surface area contributed by atoms with Gasteiger partial charge in [-0.05, 0) is 31.7 Å². The van der Waals surface area contributed by atoms with Crippen LogP contribution in [0.4, 0.5) is 27.6 Å². The third-order valence-electron chi connectivity index (χ3n) is 4.06. The van der Waals surface area contributed by atoms with Gasteiger partial charge in [-0.15, -0.1) is 0 Å². The van der Waals surface area contributed by atoms with Crippen molar-refractivity contribution in [1.29, 1.82) is 0 Å². The summed E-state index contributed by atoms with van der Waals surface area (Å²) in [5.41, 5.74) is -0.805. The standard InChI is InChI=1S/C14H15F5N2/c15-9-10(16)12(18)14(13(19)11(9)17)21-4-3-7(6-21)5-20-8-1-2-8/h7-8,20H,1-6H2. The van der Waals surface area contributed by atoms with Gasteiger partial charge in [0.25, 0.3) is 0 Å². The van der Waals surface area contributed by atoms with Gasteiger partial charge in [-0.25, -0.2) is 22.0 Å². The molecular formula is C14H15F5N2. The van der Waals surface area contributed by atoms with Gasteiger partial charge in [0.15, 0.2) is 23.3 Å². The molecule has 1 saturated carbocycles. The van der Waals surface area contributed by atoms with Crippen LogP contribution in [-0.2, 0) is 0 Å². The monoisotopic (exact) mass is 306 g/mol. The summed E-state index contributed by atoms with van der Waals surface area (Å²) in [5, 5.41) is 3.31. The van der Waals surface area contributed by atoms with Crippen LogP contribution in [0.5, 0.6) is 0 Å². The fourth-order valence-corrected chi connectivity index (χ4v) is 2.69. The first-order chi connectivity index (χ1) is 9.99. The SMILES string of the molecule is Fc1c(F)c(F)c(N2CCC(CNC3CC3)C2)c(F)c1F. The van der Waals surface area contributed by atoms with E-state index in [9.17, 15) is 22.0 Å². The fraction of sp³-hybridized carbons (Fsp3) is 0.571. The molecular weight excluding hydrogens is 291 g/mol. The highest BCUT2D eigenvalue weighted by molar-refractivity contribution is 5.51. The summed E-state index contributed by atoms with van der Waals surface area (Å²) < 4.78 is 66.9. The lowest BCUT2D eigenvalue weighted by Crippen LogP contribution is -2.29. The minimum Gasteiger partial charge on any atom is -0.366 e. The Balaban J connectivity index is 1.77. The van der Waals surface area contributed by atoms with Crippen molar-refractivity contribution in [3.63, 3.8) is 0 Å². The maximum absolute atomic E-state index is 13.7. The number of nitrogens with one attached hydrogen (secondary N) is 1. The number of benzene rings is 1. The van der Waals surface area contributed by atoms with Crippen LogP contribution in [0.25, 0.3) is 0 Å². The third kappa shape index (κ3) is 2.71. The van der Waals surface area contributed by atoms with E-state index in [1.807, 2.05) is 0 Å². The summed E-state index contributed by atoms with van der Waals surface area (Å²) in [6, 6.07) is 0.522. The van der Waals surface area contributed by atoms with Crippen molar-refractivity contribution in [2.45, 2.75) is 25.3 Å². The number of anilines is 1. The van der Waals surface area contributed by atoms with Crippen molar-refractivity contribution < 1.29 is 22.0 Å². The molecule has 1 aliphatic heterocycles. The van der Waals surface area contributed by atoms with Crippen LogP contribution in [-0.4, -0.2) is 25.7 Å². The first kappa shape index (κ1) is 14.6. The van der Waals surface area contributed by atoms with Gasteiger partial charge in [-0.1, -0.05) is 0 Å². The fourth-order valence-electron chi connectivity index (χ4n) is 2.69. The Morgan fingerprint density at radius 1 is 0.857 bits per heavy atom. The first-order valence-corrected chi connectivity index (χ1v) is 6.98. The molecule has 0 amide bonds. The molecule has 0 bridgehead atoms. The molecule has 1 N–H and O–H groups in total. The Bertz CT molecular complexity index is 530. The second kappa shape index (κ2) is 5.44. The summed E-state index contributed by atoms with van der Waals surface area (Å²) in [6.45, 7) is 1.28. The number of nitrogens with zero attached hydrogens (tertiary/aromatic N) is 1. The maximum atomic E-state index is 13.7. The van der Waals surface area contributed by atoms with Gasteiger partial charge in [-0.2, -0.15) is 0 Å². The van der Waals surface area contributed by atoms with Gasteiger partial charge in [0.2, 0.25) is 5.82 Å². The average Bonchev–Trinajstić information content (AvgIpc) is 3.20. The lowest BCUT2D eigenvalue weighted by Gasteiger charge is -2.21. The van der Waals surface area contributed by atoms with E-state index in [0.717, 1.165) is 12.8 Å². The highest BCUT2D eigenvalue weighted by atomic mass is 19.2. The van der Waals surface area contributed by atoms with E-state index in [1.165, 1.54) is 4.90 Å². The number of rotatable bonds is 4. The molecule has 1 unspecified atom stereocenters. The first-order valence-electron chi connectivity index (χ1n) is 6.98. The van der Waals surface area contributed by atoms with E-state index in [1.54, 1.807) is 0 Å². The highest BCUT2D eigenvalue weighted by Gasteiger charge is 2.33. The van der Waals surface area contributed by atoms with Crippen LogP contribution in [0.2, 0.25) is 0 Å². The number of hydrogen-bond donors (Lipinski definition) is 1. The molecule has 2 nitrogen and oxygen atoms in total. The Morgan fingerprint density at radius 2 is 1.43 bits per heavy atom. The molecule has 1 aromatic carbocycles. The van der Waals surface area contributed by atoms with Gasteiger partial charge in [0.1, 0.15) is 5.69 Å². The molecule has 0 aromatic heterocycles. The Morgan fingerprint density at radius 3 is 2.00 bits per heavy atom. The Labute approximate surface area is 118 Å². The number of hydrogen-bond acceptors (Lipinski definition) is 2. The average molecular weight is 306 g/mol. The van der Waals surface area contributed by atoms with Crippen LogP contribution in [0.3, 0.4) is 0 Å². The highest BCUT2D eigenvalue weighted by Crippen LogP contribution is 2.33. The van der Waals surface area contributed by atoms with E-state index < -0.39 is 34.8 Å². The van der Waals surface area contributed by atoms with Gasteiger partial charge in [-0.3, -0.25) is 0 Å². The van der Waals surface area contributed by atoms with E-state index in [0.29, 0.717) is 19.0 Å². The summed E-state index contributed by atoms with van der Waals surface area (Å²) >= 11 is 0. The molecule has 116 valence electrons. The summed E-state index contributed by atoms with van der Waals surface area (Å²) in [6.07, 6.45) is 2.93. The summed E-state index contributed by atoms with van der Waals surface area (Å²) in [7, 11) is 0. The zero-order valence-electron chi connectivity index (χ0n) is 11.2. The third-order valence-corrected chi connectivity index (χ3v) is 4.06. The zero-order valence-corrected chi connectivity index (χ0v) is 11.2. The van der Waals surface area contributed by atoms with Crippen molar-refractivity contribution in [2.24, 2.45) is 5.92 Å². The predicted molar refractivity (Wildman–Crippen MR) is 67.6 cm³/mol. The quantitative estimate of drug-likeness (QED) is 0.523. The lowest BCUT2D eigenvalue weighted by molar-refractivity contribution is 0.378. The van der Waals surface area contributed by atoms with Crippen molar-refractivity contribution >= 4 is 5.69 Å². The molecule has 1 heterocycles. The molecule has 0 radical (unpaired) electrons. The van der Waals surface area contributed by atoms with Crippen LogP contribution in [0, 0.1) is 35.0 Å². The molecule has 2 fully saturated rings. The van der Waals surface area contributed by atoms with E-state index >= 15 is 0 Å². The normalized spacial score (nSPS) is 22.1.